The number of carbonyl (C=O) groups excluding carboxylic acids is 1. The molecular formula is C13H23NO4. The van der Waals surface area contributed by atoms with E-state index in [-0.39, 0.29) is 11.9 Å². The van der Waals surface area contributed by atoms with Crippen LogP contribution < -0.4 is 0 Å². The maximum atomic E-state index is 11.9. The van der Waals surface area contributed by atoms with Gasteiger partial charge in [0.2, 0.25) is 0 Å². The van der Waals surface area contributed by atoms with Gasteiger partial charge >= 0.3 is 11.9 Å². The number of likely N-dealkylation sites (tertiary alicyclic amines) is 1. The van der Waals surface area contributed by atoms with Crippen LogP contribution in [0.3, 0.4) is 0 Å². The predicted octanol–water partition coefficient (Wildman–Crippen LogP) is 1.51. The molecule has 0 aromatic carbocycles. The molecular weight excluding hydrogens is 234 g/mol. The Bertz CT molecular complexity index is 303. The summed E-state index contributed by atoms with van der Waals surface area (Å²) in [5.74, 6) is -0.882. The minimum atomic E-state index is -0.849. The van der Waals surface area contributed by atoms with Gasteiger partial charge in [0.15, 0.2) is 0 Å². The smallest absolute Gasteiger partial charge is 0.323 e. The maximum Gasteiger partial charge on any atom is 0.323 e. The van der Waals surface area contributed by atoms with Crippen LogP contribution in [0.1, 0.15) is 40.0 Å². The number of rotatable bonds is 5. The van der Waals surface area contributed by atoms with Crippen molar-refractivity contribution >= 4 is 11.9 Å². The number of carboxylic acids is 1. The summed E-state index contributed by atoms with van der Waals surface area (Å²) in [5, 5.41) is 9.16. The van der Waals surface area contributed by atoms with Gasteiger partial charge in [-0.25, -0.2) is 0 Å². The lowest BCUT2D eigenvalue weighted by atomic mass is 10.0. The number of hydrogen-bond acceptors (Lipinski definition) is 4. The number of esters is 1. The summed E-state index contributed by atoms with van der Waals surface area (Å²) in [6.45, 7) is 6.70. The highest BCUT2D eigenvalue weighted by Crippen LogP contribution is 2.20. The van der Waals surface area contributed by atoms with Crippen LogP contribution in [0.5, 0.6) is 0 Å². The zero-order valence-corrected chi connectivity index (χ0v) is 11.4. The Morgan fingerprint density at radius 3 is 2.56 bits per heavy atom. The molecule has 0 radical (unpaired) electrons. The molecule has 2 atom stereocenters. The van der Waals surface area contributed by atoms with E-state index in [1.165, 1.54) is 0 Å². The van der Waals surface area contributed by atoms with Crippen molar-refractivity contribution in [2.24, 2.45) is 5.92 Å². The molecule has 0 amide bonds. The summed E-state index contributed by atoms with van der Waals surface area (Å²) in [4.78, 5) is 24.8. The van der Waals surface area contributed by atoms with Gasteiger partial charge in [-0.1, -0.05) is 20.3 Å². The van der Waals surface area contributed by atoms with E-state index in [1.54, 1.807) is 11.8 Å². The predicted molar refractivity (Wildman–Crippen MR) is 67.2 cm³/mol. The third-order valence-electron chi connectivity index (χ3n) is 3.23. The van der Waals surface area contributed by atoms with Crippen molar-refractivity contribution in [3.05, 3.63) is 0 Å². The molecule has 1 heterocycles. The van der Waals surface area contributed by atoms with E-state index in [4.69, 9.17) is 9.84 Å². The van der Waals surface area contributed by atoms with E-state index in [1.807, 2.05) is 13.8 Å². The number of piperidine rings is 1. The first-order chi connectivity index (χ1) is 8.43. The minimum Gasteiger partial charge on any atom is -0.480 e. The SMILES string of the molecule is CC(C)COC(=O)C(C)N1CCCCC1C(=O)O. The van der Waals surface area contributed by atoms with Gasteiger partial charge in [-0.15, -0.1) is 0 Å². The van der Waals surface area contributed by atoms with Crippen molar-refractivity contribution < 1.29 is 19.4 Å². The molecule has 5 heteroatoms. The zero-order valence-electron chi connectivity index (χ0n) is 11.4. The van der Waals surface area contributed by atoms with Crippen LogP contribution in [0.25, 0.3) is 0 Å². The van der Waals surface area contributed by atoms with Crippen molar-refractivity contribution in [3.8, 4) is 0 Å². The summed E-state index contributed by atoms with van der Waals surface area (Å²) < 4.78 is 5.17. The van der Waals surface area contributed by atoms with Crippen LogP contribution in [0, 0.1) is 5.92 Å². The van der Waals surface area contributed by atoms with Gasteiger partial charge < -0.3 is 9.84 Å². The highest BCUT2D eigenvalue weighted by atomic mass is 16.5. The van der Waals surface area contributed by atoms with Crippen LogP contribution >= 0.6 is 0 Å². The molecule has 0 aliphatic carbocycles. The van der Waals surface area contributed by atoms with Gasteiger partial charge in [-0.2, -0.15) is 0 Å². The Hall–Kier alpha value is -1.10. The fraction of sp³-hybridized carbons (Fsp3) is 0.846. The van der Waals surface area contributed by atoms with Crippen molar-refractivity contribution in [2.75, 3.05) is 13.2 Å². The van der Waals surface area contributed by atoms with E-state index in [0.717, 1.165) is 12.8 Å². The average Bonchev–Trinajstić information content (AvgIpc) is 2.34. The van der Waals surface area contributed by atoms with E-state index in [0.29, 0.717) is 19.6 Å². The quantitative estimate of drug-likeness (QED) is 0.756. The molecule has 2 unspecified atom stereocenters. The summed E-state index contributed by atoms with van der Waals surface area (Å²) in [6, 6.07) is -1.04. The van der Waals surface area contributed by atoms with Crippen molar-refractivity contribution in [2.45, 2.75) is 52.1 Å². The van der Waals surface area contributed by atoms with E-state index in [9.17, 15) is 9.59 Å². The highest BCUT2D eigenvalue weighted by Gasteiger charge is 2.35. The van der Waals surface area contributed by atoms with Gasteiger partial charge in [0.05, 0.1) is 6.61 Å². The second-order valence-corrected chi connectivity index (χ2v) is 5.29. The van der Waals surface area contributed by atoms with Crippen molar-refractivity contribution in [1.82, 2.24) is 4.90 Å². The largest absolute Gasteiger partial charge is 0.480 e. The Morgan fingerprint density at radius 2 is 2.00 bits per heavy atom. The molecule has 104 valence electrons. The van der Waals surface area contributed by atoms with Gasteiger partial charge in [0.25, 0.3) is 0 Å². The third-order valence-corrected chi connectivity index (χ3v) is 3.23. The number of nitrogens with zero attached hydrogens (tertiary/aromatic N) is 1. The van der Waals surface area contributed by atoms with Gasteiger partial charge in [0.1, 0.15) is 12.1 Å². The fourth-order valence-electron chi connectivity index (χ4n) is 2.19. The molecule has 18 heavy (non-hydrogen) atoms. The number of hydrogen-bond donors (Lipinski definition) is 1. The molecule has 1 fully saturated rings. The van der Waals surface area contributed by atoms with E-state index in [2.05, 4.69) is 0 Å². The average molecular weight is 257 g/mol. The monoisotopic (exact) mass is 257 g/mol. The highest BCUT2D eigenvalue weighted by molar-refractivity contribution is 5.78. The molecule has 0 spiro atoms. The van der Waals surface area contributed by atoms with Crippen molar-refractivity contribution in [1.29, 1.82) is 0 Å². The Morgan fingerprint density at radius 1 is 1.33 bits per heavy atom. The summed E-state index contributed by atoms with van der Waals surface area (Å²) in [6.07, 6.45) is 2.45. The molecule has 0 saturated carbocycles. The van der Waals surface area contributed by atoms with Crippen LogP contribution in [-0.4, -0.2) is 47.2 Å². The Balaban J connectivity index is 2.59. The number of carboxylic acid groups (broad SMARTS) is 1. The van der Waals surface area contributed by atoms with Crippen LogP contribution in [0.2, 0.25) is 0 Å². The second kappa shape index (κ2) is 6.73. The standard InChI is InChI=1S/C13H23NO4/c1-9(2)8-18-13(17)10(3)14-7-5-4-6-11(14)12(15)16/h9-11H,4-8H2,1-3H3,(H,15,16). The molecule has 0 bridgehead atoms. The number of aliphatic carboxylic acids is 1. The molecule has 1 rings (SSSR count). The third kappa shape index (κ3) is 3.98. The second-order valence-electron chi connectivity index (χ2n) is 5.29. The topological polar surface area (TPSA) is 66.8 Å². The molecule has 1 aliphatic rings. The fourth-order valence-corrected chi connectivity index (χ4v) is 2.19. The molecule has 0 aromatic heterocycles. The first-order valence-corrected chi connectivity index (χ1v) is 6.58. The van der Waals surface area contributed by atoms with E-state index < -0.39 is 18.1 Å². The summed E-state index contributed by atoms with van der Waals surface area (Å²) >= 11 is 0. The Kier molecular flexibility index (Phi) is 5.59. The maximum absolute atomic E-state index is 11.9. The lowest BCUT2D eigenvalue weighted by molar-refractivity contribution is -0.156. The molecule has 0 aromatic rings. The first kappa shape index (κ1) is 15.0. The van der Waals surface area contributed by atoms with Crippen LogP contribution in [0.4, 0.5) is 0 Å². The van der Waals surface area contributed by atoms with Gasteiger partial charge in [-0.05, 0) is 32.2 Å². The molecule has 1 saturated heterocycles. The number of carbonyl (C=O) groups is 2. The molecule has 1 aliphatic heterocycles. The van der Waals surface area contributed by atoms with Crippen molar-refractivity contribution in [3.63, 3.8) is 0 Å². The van der Waals surface area contributed by atoms with Gasteiger partial charge in [0, 0.05) is 0 Å². The van der Waals surface area contributed by atoms with Gasteiger partial charge in [-0.3, -0.25) is 14.5 Å². The Labute approximate surface area is 108 Å². The summed E-state index contributed by atoms with van der Waals surface area (Å²) in [5.41, 5.74) is 0. The minimum absolute atomic E-state index is 0.290. The van der Waals surface area contributed by atoms with Crippen LogP contribution in [-0.2, 0) is 14.3 Å². The molecule has 1 N–H and O–H groups in total. The molecule has 5 nitrogen and oxygen atoms in total. The van der Waals surface area contributed by atoms with E-state index >= 15 is 0 Å². The lowest BCUT2D eigenvalue weighted by Gasteiger charge is -2.36. The van der Waals surface area contributed by atoms with Crippen LogP contribution in [0.15, 0.2) is 0 Å². The normalized spacial score (nSPS) is 22.8. The lowest BCUT2D eigenvalue weighted by Crippen LogP contribution is -2.52. The number of ether oxygens (including phenoxy) is 1. The first-order valence-electron chi connectivity index (χ1n) is 6.58. The summed E-state index contributed by atoms with van der Waals surface area (Å²) in [7, 11) is 0. The zero-order chi connectivity index (χ0) is 13.7.